The van der Waals surface area contributed by atoms with Gasteiger partial charge in [0.25, 0.3) is 0 Å². The number of aryl methyl sites for hydroxylation is 2. The zero-order valence-corrected chi connectivity index (χ0v) is 18.2. The van der Waals surface area contributed by atoms with Crippen molar-refractivity contribution in [3.8, 4) is 0 Å². The number of nitrogens with one attached hydrogen (secondary N) is 1. The summed E-state index contributed by atoms with van der Waals surface area (Å²) < 4.78 is 0. The van der Waals surface area contributed by atoms with Crippen LogP contribution in [-0.4, -0.2) is 41.1 Å². The van der Waals surface area contributed by atoms with Crippen LogP contribution in [0.5, 0.6) is 0 Å². The van der Waals surface area contributed by atoms with E-state index in [4.69, 9.17) is 12.2 Å². The summed E-state index contributed by atoms with van der Waals surface area (Å²) in [6, 6.07) is 10.8. The normalized spacial score (nSPS) is 15.3. The molecule has 3 nitrogen and oxygen atoms in total. The Bertz CT molecular complexity index is 699. The molecule has 1 aromatic carbocycles. The number of thiocarbonyl (C=S) groups is 1. The van der Waals surface area contributed by atoms with Gasteiger partial charge in [0.1, 0.15) is 0 Å². The van der Waals surface area contributed by atoms with Gasteiger partial charge in [0.15, 0.2) is 5.11 Å². The smallest absolute Gasteiger partial charge is 0.173 e. The lowest BCUT2D eigenvalue weighted by atomic mass is 10.1. The predicted octanol–water partition coefficient (Wildman–Crippen LogP) is 5.44. The molecular weight excluding hydrogens is 370 g/mol. The molecule has 0 atom stereocenters. The number of thiophene rings is 1. The lowest BCUT2D eigenvalue weighted by Gasteiger charge is -2.29. The van der Waals surface area contributed by atoms with Gasteiger partial charge in [-0.3, -0.25) is 0 Å². The molecule has 2 heterocycles. The Morgan fingerprint density at radius 3 is 2.44 bits per heavy atom. The highest BCUT2D eigenvalue weighted by molar-refractivity contribution is 7.80. The summed E-state index contributed by atoms with van der Waals surface area (Å²) in [6.07, 6.45) is 5.41. The Hall–Kier alpha value is -1.43. The maximum atomic E-state index is 5.81. The van der Waals surface area contributed by atoms with Gasteiger partial charge in [-0.15, -0.1) is 11.3 Å². The summed E-state index contributed by atoms with van der Waals surface area (Å²) in [4.78, 5) is 6.29. The number of likely N-dealkylation sites (tertiary alicyclic amines) is 1. The molecule has 0 bridgehead atoms. The van der Waals surface area contributed by atoms with Crippen LogP contribution in [0, 0.1) is 13.8 Å². The topological polar surface area (TPSA) is 18.5 Å². The van der Waals surface area contributed by atoms with Crippen LogP contribution in [0.4, 0.5) is 5.69 Å². The summed E-state index contributed by atoms with van der Waals surface area (Å²) in [7, 11) is 0. The van der Waals surface area contributed by atoms with E-state index in [0.717, 1.165) is 30.4 Å². The van der Waals surface area contributed by atoms with Crippen LogP contribution in [0.15, 0.2) is 35.7 Å². The van der Waals surface area contributed by atoms with Crippen LogP contribution in [0.3, 0.4) is 0 Å². The molecule has 5 heteroatoms. The van der Waals surface area contributed by atoms with Gasteiger partial charge in [0.05, 0.1) is 6.54 Å². The summed E-state index contributed by atoms with van der Waals surface area (Å²) >= 11 is 7.61. The minimum absolute atomic E-state index is 0.822. The van der Waals surface area contributed by atoms with Gasteiger partial charge in [-0.05, 0) is 86.7 Å². The van der Waals surface area contributed by atoms with Gasteiger partial charge < -0.3 is 15.1 Å². The van der Waals surface area contributed by atoms with Crippen LogP contribution < -0.4 is 5.32 Å². The Kier molecular flexibility index (Phi) is 7.68. The van der Waals surface area contributed by atoms with Crippen molar-refractivity contribution in [2.45, 2.75) is 46.1 Å². The fourth-order valence-corrected chi connectivity index (χ4v) is 4.71. The molecule has 0 aliphatic carbocycles. The Balaban J connectivity index is 1.65. The van der Waals surface area contributed by atoms with Crippen molar-refractivity contribution in [3.05, 3.63) is 51.7 Å². The summed E-state index contributed by atoms with van der Waals surface area (Å²) in [6.45, 7) is 9.64. The number of hydrogen-bond acceptors (Lipinski definition) is 3. The fraction of sp³-hybridized carbons (Fsp3) is 0.500. The number of hydrogen-bond donors (Lipinski definition) is 1. The molecule has 0 unspecified atom stereocenters. The van der Waals surface area contributed by atoms with E-state index in [1.165, 1.54) is 54.8 Å². The third-order valence-electron chi connectivity index (χ3n) is 5.07. The first-order chi connectivity index (χ1) is 13.1. The van der Waals surface area contributed by atoms with E-state index in [2.05, 4.69) is 64.7 Å². The van der Waals surface area contributed by atoms with E-state index in [1.54, 1.807) is 11.3 Å². The van der Waals surface area contributed by atoms with Crippen LogP contribution in [0.1, 0.15) is 41.7 Å². The standard InChI is InChI=1S/C22H31N3S2/c1-18-14-19(2)16-20(15-18)23-22(26)25(17-21-8-7-13-27-21)12-11-24-9-5-3-4-6-10-24/h7-8,13-16H,3-6,9-12,17H2,1-2H3,(H,23,26). The van der Waals surface area contributed by atoms with Crippen LogP contribution in [-0.2, 0) is 6.54 Å². The van der Waals surface area contributed by atoms with E-state index in [-0.39, 0.29) is 0 Å². The molecule has 1 saturated heterocycles. The lowest BCUT2D eigenvalue weighted by molar-refractivity contribution is 0.253. The van der Waals surface area contributed by atoms with Crippen molar-refractivity contribution in [3.63, 3.8) is 0 Å². The molecule has 1 N–H and O–H groups in total. The molecule has 146 valence electrons. The van der Waals surface area contributed by atoms with Crippen LogP contribution in [0.2, 0.25) is 0 Å². The number of benzene rings is 1. The van der Waals surface area contributed by atoms with Crippen LogP contribution >= 0.6 is 23.6 Å². The molecule has 0 radical (unpaired) electrons. The van der Waals surface area contributed by atoms with Gasteiger partial charge in [-0.1, -0.05) is 25.0 Å². The van der Waals surface area contributed by atoms with Crippen molar-refractivity contribution < 1.29 is 0 Å². The average Bonchev–Trinajstić information content (AvgIpc) is 2.99. The molecule has 0 amide bonds. The van der Waals surface area contributed by atoms with Gasteiger partial charge in [0, 0.05) is 23.7 Å². The SMILES string of the molecule is Cc1cc(C)cc(NC(=S)N(CCN2CCCCCC2)Cc2cccs2)c1. The first kappa shape index (κ1) is 20.3. The highest BCUT2D eigenvalue weighted by Gasteiger charge is 2.15. The molecule has 1 aliphatic rings. The summed E-state index contributed by atoms with van der Waals surface area (Å²) in [5.41, 5.74) is 3.60. The fourth-order valence-electron chi connectivity index (χ4n) is 3.71. The van der Waals surface area contributed by atoms with Crippen LogP contribution in [0.25, 0.3) is 0 Å². The minimum atomic E-state index is 0.822. The average molecular weight is 402 g/mol. The number of anilines is 1. The Morgan fingerprint density at radius 1 is 1.11 bits per heavy atom. The predicted molar refractivity (Wildman–Crippen MR) is 122 cm³/mol. The zero-order chi connectivity index (χ0) is 19.1. The second-order valence-corrected chi connectivity index (χ2v) is 8.98. The minimum Gasteiger partial charge on any atom is -0.343 e. The van der Waals surface area contributed by atoms with Gasteiger partial charge >= 0.3 is 0 Å². The van der Waals surface area contributed by atoms with Crippen molar-refractivity contribution in [1.29, 1.82) is 0 Å². The van der Waals surface area contributed by atoms with Gasteiger partial charge in [-0.25, -0.2) is 0 Å². The second-order valence-electron chi connectivity index (χ2n) is 7.56. The molecule has 1 aromatic heterocycles. The third kappa shape index (κ3) is 6.59. The summed E-state index contributed by atoms with van der Waals surface area (Å²) in [5, 5.41) is 6.44. The largest absolute Gasteiger partial charge is 0.343 e. The van der Waals surface area contributed by atoms with E-state index in [0.29, 0.717) is 0 Å². The highest BCUT2D eigenvalue weighted by Crippen LogP contribution is 2.17. The van der Waals surface area contributed by atoms with E-state index in [1.807, 2.05) is 0 Å². The maximum absolute atomic E-state index is 5.81. The quantitative estimate of drug-likeness (QED) is 0.649. The summed E-state index contributed by atoms with van der Waals surface area (Å²) in [5.74, 6) is 0. The molecule has 1 fully saturated rings. The molecule has 0 saturated carbocycles. The molecule has 1 aliphatic heterocycles. The first-order valence-electron chi connectivity index (χ1n) is 9.99. The number of nitrogens with zero attached hydrogens (tertiary/aromatic N) is 2. The van der Waals surface area contributed by atoms with Crippen molar-refractivity contribution in [2.75, 3.05) is 31.5 Å². The van der Waals surface area contributed by atoms with Gasteiger partial charge in [0.2, 0.25) is 0 Å². The molecule has 0 spiro atoms. The molecule has 3 rings (SSSR count). The Morgan fingerprint density at radius 2 is 1.81 bits per heavy atom. The second kappa shape index (κ2) is 10.2. The van der Waals surface area contributed by atoms with E-state index < -0.39 is 0 Å². The van der Waals surface area contributed by atoms with Crippen molar-refractivity contribution >= 4 is 34.4 Å². The highest BCUT2D eigenvalue weighted by atomic mass is 32.1. The molecule has 27 heavy (non-hydrogen) atoms. The molecular formula is C22H31N3S2. The maximum Gasteiger partial charge on any atom is 0.173 e. The Labute approximate surface area is 173 Å². The van der Waals surface area contributed by atoms with Crippen molar-refractivity contribution in [2.24, 2.45) is 0 Å². The van der Waals surface area contributed by atoms with E-state index in [9.17, 15) is 0 Å². The first-order valence-corrected chi connectivity index (χ1v) is 11.3. The van der Waals surface area contributed by atoms with Crippen molar-refractivity contribution in [1.82, 2.24) is 9.80 Å². The van der Waals surface area contributed by atoms with Gasteiger partial charge in [-0.2, -0.15) is 0 Å². The monoisotopic (exact) mass is 401 g/mol. The lowest BCUT2D eigenvalue weighted by Crippen LogP contribution is -2.40. The third-order valence-corrected chi connectivity index (χ3v) is 6.29. The number of rotatable bonds is 6. The molecule has 2 aromatic rings. The zero-order valence-electron chi connectivity index (χ0n) is 16.5. The van der Waals surface area contributed by atoms with E-state index >= 15 is 0 Å².